The summed E-state index contributed by atoms with van der Waals surface area (Å²) in [5.41, 5.74) is 2.05. The molecule has 0 aromatic heterocycles. The number of hydrogen-bond acceptors (Lipinski definition) is 9. The maximum absolute atomic E-state index is 15.4. The standard InChI is InChI=1S/C42H32Cl2F3N3O8/c1-20(51)21-3-8-24(9-4-21)49-37(53)28-14-13-27-29(35(28)39(49)55)19-31-38(54)50(48-33-15-7-23(43)17-32(33)44)40(56)41(31,22-5-10-25(57-2)11-6-22)36(27)30-18-26(12-16-34(30)52)58-42(45,46)47/h3-13,15-18,28-29,31,35-36,48,52H,14,19H2,1-2H3/t28-,29+,31-,35-,36+,41+/m0/s1. The number of allylic oxidation sites excluding steroid dienone is 2. The zero-order chi connectivity index (χ0) is 41.4. The first-order valence-corrected chi connectivity index (χ1v) is 18.8. The van der Waals surface area contributed by atoms with Crippen LogP contribution in [0.25, 0.3) is 0 Å². The Bertz CT molecular complexity index is 2440. The van der Waals surface area contributed by atoms with Crippen molar-refractivity contribution in [3.05, 3.63) is 123 Å². The van der Waals surface area contributed by atoms with E-state index in [4.69, 9.17) is 27.9 Å². The second kappa shape index (κ2) is 14.2. The number of phenolic OH excluding ortho intramolecular Hbond substituents is 1. The van der Waals surface area contributed by atoms with Gasteiger partial charge < -0.3 is 14.6 Å². The van der Waals surface area contributed by atoms with Crippen molar-refractivity contribution in [3.63, 3.8) is 0 Å². The molecule has 3 fully saturated rings. The summed E-state index contributed by atoms with van der Waals surface area (Å²) in [7, 11) is 1.43. The Kier molecular flexibility index (Phi) is 9.55. The molecule has 0 spiro atoms. The highest BCUT2D eigenvalue weighted by molar-refractivity contribution is 6.36. The number of carbonyl (C=O) groups is 5. The van der Waals surface area contributed by atoms with Crippen molar-refractivity contribution in [2.75, 3.05) is 17.4 Å². The van der Waals surface area contributed by atoms with Gasteiger partial charge in [0.15, 0.2) is 5.78 Å². The van der Waals surface area contributed by atoms with Gasteiger partial charge in [-0.05, 0) is 104 Å². The zero-order valence-corrected chi connectivity index (χ0v) is 32.1. The Balaban J connectivity index is 1.34. The molecule has 4 aromatic rings. The molecule has 2 heterocycles. The van der Waals surface area contributed by atoms with E-state index in [1.54, 1.807) is 30.3 Å². The highest BCUT2D eigenvalue weighted by Crippen LogP contribution is 2.65. The largest absolute Gasteiger partial charge is 0.573 e. The van der Waals surface area contributed by atoms with Crippen molar-refractivity contribution in [2.24, 2.45) is 23.7 Å². The van der Waals surface area contributed by atoms with Crippen LogP contribution in [0.2, 0.25) is 10.0 Å². The van der Waals surface area contributed by atoms with E-state index >= 15 is 4.79 Å². The number of alkyl halides is 3. The lowest BCUT2D eigenvalue weighted by atomic mass is 9.49. The molecule has 2 aliphatic heterocycles. The average molecular weight is 835 g/mol. The number of carbonyl (C=O) groups excluding carboxylic acids is 5. The highest BCUT2D eigenvalue weighted by atomic mass is 35.5. The Hall–Kier alpha value is -5.86. The fourth-order valence-electron chi connectivity index (χ4n) is 9.25. The number of halogens is 5. The first kappa shape index (κ1) is 39.0. The third-order valence-corrected chi connectivity index (χ3v) is 12.2. The minimum Gasteiger partial charge on any atom is -0.508 e. The first-order chi connectivity index (χ1) is 27.5. The van der Waals surface area contributed by atoms with Gasteiger partial charge in [-0.3, -0.25) is 34.3 Å². The molecule has 2 N–H and O–H groups in total. The van der Waals surface area contributed by atoms with Gasteiger partial charge >= 0.3 is 6.36 Å². The SMILES string of the molecule is COc1ccc([C@@]23C(=O)N(Nc4ccc(Cl)cc4Cl)C(=O)[C@@H]2C[C@@H]2C(=CC[C@@H]4C(=O)N(c5ccc(C(C)=O)cc5)C(=O)[C@@H]42)[C@@H]3c2cc(OC(F)(F)F)ccc2O)cc1. The summed E-state index contributed by atoms with van der Waals surface area (Å²) < 4.78 is 50.7. The van der Waals surface area contributed by atoms with E-state index in [-0.39, 0.29) is 51.2 Å². The number of rotatable bonds is 8. The molecular formula is C42H32Cl2F3N3O8. The summed E-state index contributed by atoms with van der Waals surface area (Å²) in [5.74, 6) is -9.31. The number of nitrogens with zero attached hydrogens (tertiary/aromatic N) is 2. The van der Waals surface area contributed by atoms with Gasteiger partial charge in [-0.2, -0.15) is 5.01 Å². The number of hydrazine groups is 1. The molecule has 58 heavy (non-hydrogen) atoms. The van der Waals surface area contributed by atoms with Gasteiger partial charge in [-0.1, -0.05) is 47.0 Å². The predicted molar refractivity (Wildman–Crippen MR) is 204 cm³/mol. The number of Topliss-reactive ketones (excluding diaryl/α,β-unsaturated/α-hetero) is 1. The number of phenols is 1. The maximum Gasteiger partial charge on any atom is 0.573 e. The van der Waals surface area contributed by atoms with Gasteiger partial charge in [0, 0.05) is 22.1 Å². The number of ketones is 1. The number of anilines is 2. The third kappa shape index (κ3) is 6.16. The number of ether oxygens (including phenoxy) is 2. The van der Waals surface area contributed by atoms with Crippen molar-refractivity contribution < 1.29 is 51.7 Å². The van der Waals surface area contributed by atoms with Crippen molar-refractivity contribution in [1.29, 1.82) is 0 Å². The molecule has 8 rings (SSSR count). The van der Waals surface area contributed by atoms with Crippen LogP contribution < -0.4 is 19.8 Å². The van der Waals surface area contributed by atoms with Crippen molar-refractivity contribution >= 4 is 64.0 Å². The van der Waals surface area contributed by atoms with Crippen LogP contribution in [0.3, 0.4) is 0 Å². The summed E-state index contributed by atoms with van der Waals surface area (Å²) in [6, 6.07) is 19.5. The van der Waals surface area contributed by atoms with Crippen LogP contribution in [0, 0.1) is 23.7 Å². The second-order valence-electron chi connectivity index (χ2n) is 14.6. The van der Waals surface area contributed by atoms with Crippen LogP contribution in [0.1, 0.15) is 47.2 Å². The second-order valence-corrected chi connectivity index (χ2v) is 15.4. The molecule has 0 unspecified atom stereocenters. The summed E-state index contributed by atoms with van der Waals surface area (Å²) in [6.07, 6.45) is -3.60. The number of nitrogens with one attached hydrogen (secondary N) is 1. The number of hydrogen-bond donors (Lipinski definition) is 2. The molecule has 4 aromatic carbocycles. The lowest BCUT2D eigenvalue weighted by Crippen LogP contribution is -2.53. The molecule has 2 saturated heterocycles. The number of methoxy groups -OCH3 is 1. The monoisotopic (exact) mass is 833 g/mol. The van der Waals surface area contributed by atoms with Crippen molar-refractivity contribution in [1.82, 2.24) is 5.01 Å². The minimum absolute atomic E-state index is 0.00699. The summed E-state index contributed by atoms with van der Waals surface area (Å²) in [4.78, 5) is 72.1. The molecule has 2 aliphatic carbocycles. The average Bonchev–Trinajstić information content (AvgIpc) is 3.56. The highest BCUT2D eigenvalue weighted by Gasteiger charge is 2.70. The Morgan fingerprint density at radius 3 is 2.21 bits per heavy atom. The molecule has 4 amide bonds. The first-order valence-electron chi connectivity index (χ1n) is 18.1. The molecule has 4 aliphatic rings. The Labute approximate surface area is 338 Å². The zero-order valence-electron chi connectivity index (χ0n) is 30.6. The quantitative estimate of drug-likeness (QED) is 0.103. The van der Waals surface area contributed by atoms with Gasteiger partial charge in [0.1, 0.15) is 17.2 Å². The fourth-order valence-corrected chi connectivity index (χ4v) is 9.70. The molecule has 11 nitrogen and oxygen atoms in total. The topological polar surface area (TPSA) is 143 Å². The van der Waals surface area contributed by atoms with Crippen LogP contribution in [0.4, 0.5) is 24.5 Å². The van der Waals surface area contributed by atoms with Gasteiger partial charge in [-0.25, -0.2) is 0 Å². The number of fused-ring (bicyclic) bond motifs is 4. The fraction of sp³-hybridized carbons (Fsp3) is 0.262. The van der Waals surface area contributed by atoms with E-state index < -0.39 is 76.5 Å². The Morgan fingerprint density at radius 2 is 1.57 bits per heavy atom. The van der Waals surface area contributed by atoms with E-state index in [9.17, 15) is 37.5 Å². The minimum atomic E-state index is -5.13. The third-order valence-electron chi connectivity index (χ3n) is 11.7. The molecule has 298 valence electrons. The van der Waals surface area contributed by atoms with Gasteiger partial charge in [0.05, 0.1) is 46.7 Å². The molecule has 1 saturated carbocycles. The van der Waals surface area contributed by atoms with Crippen molar-refractivity contribution in [2.45, 2.75) is 37.5 Å². The molecule has 0 radical (unpaired) electrons. The Morgan fingerprint density at radius 1 is 0.879 bits per heavy atom. The van der Waals surface area contributed by atoms with Gasteiger partial charge in [-0.15, -0.1) is 13.2 Å². The molecule has 6 atom stereocenters. The lowest BCUT2D eigenvalue weighted by Gasteiger charge is -2.50. The number of aromatic hydroxyl groups is 1. The number of amides is 4. The molecule has 0 bridgehead atoms. The van der Waals surface area contributed by atoms with E-state index in [0.29, 0.717) is 16.9 Å². The summed E-state index contributed by atoms with van der Waals surface area (Å²) >= 11 is 12.6. The van der Waals surface area contributed by atoms with E-state index in [1.165, 1.54) is 56.5 Å². The number of imide groups is 2. The summed E-state index contributed by atoms with van der Waals surface area (Å²) in [6.45, 7) is 1.38. The number of benzene rings is 4. The van der Waals surface area contributed by atoms with Crippen LogP contribution in [-0.4, -0.2) is 53.0 Å². The van der Waals surface area contributed by atoms with E-state index in [1.807, 2.05) is 0 Å². The molecule has 16 heteroatoms. The summed E-state index contributed by atoms with van der Waals surface area (Å²) in [5, 5.41) is 12.7. The van der Waals surface area contributed by atoms with Gasteiger partial charge in [0.25, 0.3) is 11.8 Å². The van der Waals surface area contributed by atoms with E-state index in [2.05, 4.69) is 10.2 Å². The van der Waals surface area contributed by atoms with E-state index in [0.717, 1.165) is 28.1 Å². The van der Waals surface area contributed by atoms with Crippen LogP contribution in [0.5, 0.6) is 17.2 Å². The smallest absolute Gasteiger partial charge is 0.508 e. The predicted octanol–water partition coefficient (Wildman–Crippen LogP) is 8.00. The van der Waals surface area contributed by atoms with Gasteiger partial charge in [0.2, 0.25) is 11.8 Å². The van der Waals surface area contributed by atoms with Crippen LogP contribution >= 0.6 is 23.2 Å². The van der Waals surface area contributed by atoms with Crippen LogP contribution in [-0.2, 0) is 24.6 Å². The normalized spacial score (nSPS) is 25.2. The van der Waals surface area contributed by atoms with Crippen LogP contribution in [0.15, 0.2) is 96.6 Å². The lowest BCUT2D eigenvalue weighted by molar-refractivity contribution is -0.274. The molecular weight excluding hydrogens is 802 g/mol. The van der Waals surface area contributed by atoms with Crippen molar-refractivity contribution in [3.8, 4) is 17.2 Å². The maximum atomic E-state index is 15.4.